The molecule has 0 aliphatic carbocycles. The summed E-state index contributed by atoms with van der Waals surface area (Å²) >= 11 is 2.07. The molecule has 0 N–H and O–H groups in total. The minimum Gasteiger partial charge on any atom is -0.439 e. The van der Waals surface area contributed by atoms with E-state index in [-0.39, 0.29) is 0 Å². The Morgan fingerprint density at radius 2 is 2.22 bits per heavy atom. The van der Waals surface area contributed by atoms with Gasteiger partial charge in [-0.05, 0) is 53.3 Å². The molecular formula is C15H13IO2. The first kappa shape index (κ1) is 14.5. The normalized spacial score (nSPS) is 12.9. The molecule has 92 valence electrons. The lowest BCUT2D eigenvalue weighted by atomic mass is 10.1. The van der Waals surface area contributed by atoms with Gasteiger partial charge in [0.1, 0.15) is 0 Å². The average Bonchev–Trinajstić information content (AvgIpc) is 2.39. The fourth-order valence-electron chi connectivity index (χ4n) is 1.20. The summed E-state index contributed by atoms with van der Waals surface area (Å²) in [4.78, 5) is 12.1. The number of carbonyl (C=O) groups is 1. The van der Waals surface area contributed by atoms with Crippen molar-refractivity contribution < 1.29 is 9.53 Å². The molecule has 0 heterocycles. The molecule has 0 amide bonds. The molecule has 1 aromatic rings. The molecule has 1 rings (SSSR count). The van der Waals surface area contributed by atoms with Crippen LogP contribution in [0.2, 0.25) is 0 Å². The topological polar surface area (TPSA) is 26.3 Å². The van der Waals surface area contributed by atoms with E-state index in [1.165, 1.54) is 6.08 Å². The highest BCUT2D eigenvalue weighted by atomic mass is 127. The number of hydrogen-bond acceptors (Lipinski definition) is 2. The number of esters is 1. The first-order chi connectivity index (χ1) is 8.45. The molecule has 0 saturated carbocycles. The van der Waals surface area contributed by atoms with E-state index in [4.69, 9.17) is 11.2 Å². The van der Waals surface area contributed by atoms with Gasteiger partial charge in [-0.15, -0.1) is 6.42 Å². The van der Waals surface area contributed by atoms with Gasteiger partial charge in [0.25, 0.3) is 0 Å². The van der Waals surface area contributed by atoms with Crippen LogP contribution in [-0.2, 0) is 4.74 Å². The van der Waals surface area contributed by atoms with Crippen LogP contribution in [0.15, 0.2) is 37.4 Å². The van der Waals surface area contributed by atoms with Crippen LogP contribution in [-0.4, -0.2) is 11.6 Å². The van der Waals surface area contributed by atoms with Crippen molar-refractivity contribution in [2.75, 3.05) is 0 Å². The van der Waals surface area contributed by atoms with Crippen LogP contribution in [0.5, 0.6) is 0 Å². The Labute approximate surface area is 121 Å². The van der Waals surface area contributed by atoms with Gasteiger partial charge >= 0.3 is 5.97 Å². The van der Waals surface area contributed by atoms with Gasteiger partial charge in [-0.3, -0.25) is 0 Å². The SMILES string of the molecule is C#CC(C)(C=C)OC(=O)c1cc(C=C)ccc1I. The molecular weight excluding hydrogens is 339 g/mol. The Hall–Kier alpha value is -1.54. The maximum atomic E-state index is 12.1. The Morgan fingerprint density at radius 3 is 2.72 bits per heavy atom. The zero-order valence-electron chi connectivity index (χ0n) is 10.1. The number of terminal acetylenes is 1. The van der Waals surface area contributed by atoms with Crippen LogP contribution < -0.4 is 0 Å². The summed E-state index contributed by atoms with van der Waals surface area (Å²) < 4.78 is 6.07. The summed E-state index contributed by atoms with van der Waals surface area (Å²) in [5.41, 5.74) is 0.226. The lowest BCUT2D eigenvalue weighted by Gasteiger charge is -2.20. The van der Waals surface area contributed by atoms with Crippen LogP contribution in [0.25, 0.3) is 6.08 Å². The number of carbonyl (C=O) groups excluding carboxylic acids is 1. The molecule has 0 radical (unpaired) electrons. The summed E-state index contributed by atoms with van der Waals surface area (Å²) in [5, 5.41) is 0. The van der Waals surface area contributed by atoms with Gasteiger partial charge in [0.2, 0.25) is 0 Å². The second-order valence-corrected chi connectivity index (χ2v) is 4.95. The second-order valence-electron chi connectivity index (χ2n) is 3.79. The van der Waals surface area contributed by atoms with E-state index in [1.807, 2.05) is 12.1 Å². The molecule has 1 aromatic carbocycles. The smallest absolute Gasteiger partial charge is 0.340 e. The highest BCUT2D eigenvalue weighted by Crippen LogP contribution is 2.20. The number of halogens is 1. The Bertz CT molecular complexity index is 540. The van der Waals surface area contributed by atoms with Crippen molar-refractivity contribution in [1.29, 1.82) is 0 Å². The van der Waals surface area contributed by atoms with E-state index in [2.05, 4.69) is 41.7 Å². The predicted octanol–water partition coefficient (Wildman–Crippen LogP) is 3.67. The third-order valence-corrected chi connectivity index (χ3v) is 3.37. The molecule has 0 bridgehead atoms. The minimum absolute atomic E-state index is 0.469. The third kappa shape index (κ3) is 3.23. The molecule has 0 saturated heterocycles. The molecule has 2 nitrogen and oxygen atoms in total. The lowest BCUT2D eigenvalue weighted by Crippen LogP contribution is -2.27. The van der Waals surface area contributed by atoms with Gasteiger partial charge < -0.3 is 4.74 Å². The number of benzene rings is 1. The van der Waals surface area contributed by atoms with E-state index in [9.17, 15) is 4.79 Å². The van der Waals surface area contributed by atoms with E-state index in [0.717, 1.165) is 9.13 Å². The second kappa shape index (κ2) is 5.87. The molecule has 0 spiro atoms. The quantitative estimate of drug-likeness (QED) is 0.358. The van der Waals surface area contributed by atoms with Crippen molar-refractivity contribution in [3.63, 3.8) is 0 Å². The lowest BCUT2D eigenvalue weighted by molar-refractivity contribution is 0.0283. The minimum atomic E-state index is -1.09. The summed E-state index contributed by atoms with van der Waals surface area (Å²) in [6, 6.07) is 5.42. The third-order valence-electron chi connectivity index (χ3n) is 2.43. The van der Waals surface area contributed by atoms with Gasteiger partial charge in [0, 0.05) is 3.57 Å². The van der Waals surface area contributed by atoms with Gasteiger partial charge in [0.05, 0.1) is 5.56 Å². The zero-order chi connectivity index (χ0) is 13.8. The zero-order valence-corrected chi connectivity index (χ0v) is 12.2. The van der Waals surface area contributed by atoms with Gasteiger partial charge in [-0.25, -0.2) is 4.79 Å². The summed E-state index contributed by atoms with van der Waals surface area (Å²) in [6.07, 6.45) is 8.41. The predicted molar refractivity (Wildman–Crippen MR) is 82.1 cm³/mol. The van der Waals surface area contributed by atoms with Gasteiger partial charge in [-0.2, -0.15) is 0 Å². The van der Waals surface area contributed by atoms with Crippen molar-refractivity contribution in [1.82, 2.24) is 0 Å². The van der Waals surface area contributed by atoms with Crippen LogP contribution in [0.1, 0.15) is 22.8 Å². The number of rotatable bonds is 4. The van der Waals surface area contributed by atoms with E-state index in [1.54, 1.807) is 19.1 Å². The van der Waals surface area contributed by atoms with Crippen LogP contribution in [0.3, 0.4) is 0 Å². The van der Waals surface area contributed by atoms with Crippen LogP contribution in [0.4, 0.5) is 0 Å². The molecule has 1 unspecified atom stereocenters. The van der Waals surface area contributed by atoms with Crippen molar-refractivity contribution >= 4 is 34.6 Å². The first-order valence-corrected chi connectivity index (χ1v) is 6.30. The monoisotopic (exact) mass is 352 g/mol. The van der Waals surface area contributed by atoms with Crippen LogP contribution in [0, 0.1) is 15.9 Å². The fraction of sp³-hybridized carbons (Fsp3) is 0.133. The molecule has 1 atom stereocenters. The van der Waals surface area contributed by atoms with E-state index in [0.29, 0.717) is 5.56 Å². The highest BCUT2D eigenvalue weighted by Gasteiger charge is 2.24. The molecule has 3 heteroatoms. The summed E-state index contributed by atoms with van der Waals surface area (Å²) in [5.74, 6) is 1.92. The Morgan fingerprint density at radius 1 is 1.56 bits per heavy atom. The van der Waals surface area contributed by atoms with Crippen molar-refractivity contribution in [2.45, 2.75) is 12.5 Å². The first-order valence-electron chi connectivity index (χ1n) is 5.22. The number of hydrogen-bond donors (Lipinski definition) is 0. The molecule has 0 aliphatic rings. The highest BCUT2D eigenvalue weighted by molar-refractivity contribution is 14.1. The van der Waals surface area contributed by atoms with Gasteiger partial charge in [-0.1, -0.05) is 31.2 Å². The van der Waals surface area contributed by atoms with Crippen molar-refractivity contribution in [3.8, 4) is 12.3 Å². The number of ether oxygens (including phenoxy) is 1. The molecule has 18 heavy (non-hydrogen) atoms. The Balaban J connectivity index is 3.08. The molecule has 0 aromatic heterocycles. The Kier molecular flexibility index (Phi) is 4.74. The molecule has 0 fully saturated rings. The average molecular weight is 352 g/mol. The standard InChI is InChI=1S/C15H13IO2/c1-5-11-8-9-13(16)12(10-11)14(17)18-15(4,6-2)7-3/h2,5,7-10H,1,3H2,4H3. The fourth-order valence-corrected chi connectivity index (χ4v) is 1.76. The maximum Gasteiger partial charge on any atom is 0.340 e. The van der Waals surface area contributed by atoms with Crippen molar-refractivity contribution in [3.05, 3.63) is 52.1 Å². The molecule has 0 aliphatic heterocycles. The summed E-state index contributed by atoms with van der Waals surface area (Å²) in [6.45, 7) is 8.85. The maximum absolute atomic E-state index is 12.1. The van der Waals surface area contributed by atoms with Crippen molar-refractivity contribution in [2.24, 2.45) is 0 Å². The largest absolute Gasteiger partial charge is 0.439 e. The summed E-state index contributed by atoms with van der Waals surface area (Å²) in [7, 11) is 0. The van der Waals surface area contributed by atoms with E-state index >= 15 is 0 Å². The van der Waals surface area contributed by atoms with Crippen LogP contribution >= 0.6 is 22.6 Å². The van der Waals surface area contributed by atoms with E-state index < -0.39 is 11.6 Å². The van der Waals surface area contributed by atoms with Gasteiger partial charge in [0.15, 0.2) is 5.60 Å².